The second-order valence-electron chi connectivity index (χ2n) is 2.93. The van der Waals surface area contributed by atoms with Crippen LogP contribution in [0.2, 0.25) is 0 Å². The van der Waals surface area contributed by atoms with Gasteiger partial charge in [-0.1, -0.05) is 32.0 Å². The van der Waals surface area contributed by atoms with Crippen molar-refractivity contribution in [2.45, 2.75) is 45.5 Å². The maximum Gasteiger partial charge on any atom is 0.248 e. The van der Waals surface area contributed by atoms with E-state index in [9.17, 15) is 13.6 Å². The van der Waals surface area contributed by atoms with Crippen molar-refractivity contribution in [1.29, 1.82) is 0 Å². The molecule has 0 unspecified atom stereocenters. The maximum atomic E-state index is 12.9. The van der Waals surface area contributed by atoms with E-state index in [0.29, 0.717) is 12.8 Å². The summed E-state index contributed by atoms with van der Waals surface area (Å²) in [5.74, 6) is -2.35. The van der Waals surface area contributed by atoms with Crippen LogP contribution in [-0.4, -0.2) is 16.8 Å². The van der Waals surface area contributed by atoms with Gasteiger partial charge < -0.3 is 0 Å². The number of carbonyl (C=O) groups is 1. The van der Waals surface area contributed by atoms with Crippen LogP contribution in [0.1, 0.15) is 39.5 Å². The summed E-state index contributed by atoms with van der Waals surface area (Å²) in [6.07, 6.45) is 0.647. The van der Waals surface area contributed by atoms with Gasteiger partial charge in [-0.2, -0.15) is 0 Å². The largest absolute Gasteiger partial charge is 0.287 e. The molecule has 0 N–H and O–H groups in total. The van der Waals surface area contributed by atoms with Crippen molar-refractivity contribution < 1.29 is 13.6 Å². The van der Waals surface area contributed by atoms with Crippen molar-refractivity contribution in [3.63, 3.8) is 0 Å². The van der Waals surface area contributed by atoms with Crippen molar-refractivity contribution in [1.82, 2.24) is 0 Å². The van der Waals surface area contributed by atoms with E-state index in [1.807, 2.05) is 0 Å². The zero-order valence-electron chi connectivity index (χ0n) is 8.11. The van der Waals surface area contributed by atoms with E-state index in [0.717, 1.165) is 11.8 Å². The van der Waals surface area contributed by atoms with Gasteiger partial charge in [0.1, 0.15) is 0 Å². The number of hydrogen-bond acceptors (Lipinski definition) is 2. The molecule has 0 saturated carbocycles. The average Bonchev–Trinajstić information content (AvgIpc) is 2.03. The van der Waals surface area contributed by atoms with Gasteiger partial charge in [0.2, 0.25) is 5.92 Å². The SMILES string of the molecule is CCCC(F)(F)CCSC(=O)CC. The Kier molecular flexibility index (Phi) is 6.29. The summed E-state index contributed by atoms with van der Waals surface area (Å²) in [4.78, 5) is 10.8. The molecule has 0 aliphatic rings. The van der Waals surface area contributed by atoms with E-state index in [4.69, 9.17) is 0 Å². The highest BCUT2D eigenvalue weighted by atomic mass is 32.2. The molecule has 0 amide bonds. The van der Waals surface area contributed by atoms with Crippen LogP contribution in [0.15, 0.2) is 0 Å². The molecular formula is C9H16F2OS. The monoisotopic (exact) mass is 210 g/mol. The molecule has 0 saturated heterocycles. The van der Waals surface area contributed by atoms with Gasteiger partial charge in [0, 0.05) is 25.0 Å². The normalized spacial score (nSPS) is 11.7. The molecule has 0 radical (unpaired) electrons. The average molecular weight is 210 g/mol. The molecule has 0 aromatic rings. The molecule has 0 atom stereocenters. The van der Waals surface area contributed by atoms with Crippen LogP contribution in [0, 0.1) is 0 Å². The van der Waals surface area contributed by atoms with Crippen LogP contribution in [0.4, 0.5) is 8.78 Å². The van der Waals surface area contributed by atoms with Crippen LogP contribution in [-0.2, 0) is 4.79 Å². The lowest BCUT2D eigenvalue weighted by atomic mass is 10.1. The maximum absolute atomic E-state index is 12.9. The minimum atomic E-state index is -2.59. The minimum Gasteiger partial charge on any atom is -0.287 e. The van der Waals surface area contributed by atoms with Gasteiger partial charge in [-0.3, -0.25) is 4.79 Å². The Bertz CT molecular complexity index is 160. The third kappa shape index (κ3) is 6.99. The van der Waals surface area contributed by atoms with E-state index in [1.165, 1.54) is 0 Å². The molecule has 0 heterocycles. The second kappa shape index (κ2) is 6.35. The Hall–Kier alpha value is -0.120. The standard InChI is InChI=1S/C9H16F2OS/c1-3-5-9(10,11)6-7-13-8(12)4-2/h3-7H2,1-2H3. The van der Waals surface area contributed by atoms with Gasteiger partial charge in [0.25, 0.3) is 0 Å². The summed E-state index contributed by atoms with van der Waals surface area (Å²) < 4.78 is 25.7. The van der Waals surface area contributed by atoms with E-state index < -0.39 is 5.92 Å². The molecular weight excluding hydrogens is 194 g/mol. The molecule has 1 nitrogen and oxygen atoms in total. The smallest absolute Gasteiger partial charge is 0.248 e. The topological polar surface area (TPSA) is 17.1 Å². The van der Waals surface area contributed by atoms with Gasteiger partial charge in [-0.25, -0.2) is 8.78 Å². The number of alkyl halides is 2. The van der Waals surface area contributed by atoms with Gasteiger partial charge in [-0.05, 0) is 0 Å². The first-order chi connectivity index (χ1) is 6.02. The first-order valence-electron chi connectivity index (χ1n) is 4.55. The summed E-state index contributed by atoms with van der Waals surface area (Å²) in [7, 11) is 0. The summed E-state index contributed by atoms with van der Waals surface area (Å²) in [5.41, 5.74) is 0. The van der Waals surface area contributed by atoms with Crippen molar-refractivity contribution in [3.8, 4) is 0 Å². The molecule has 0 aromatic carbocycles. The quantitative estimate of drug-likeness (QED) is 0.667. The highest BCUT2D eigenvalue weighted by Gasteiger charge is 2.26. The molecule has 0 aromatic heterocycles. The molecule has 0 aliphatic heterocycles. The lowest BCUT2D eigenvalue weighted by molar-refractivity contribution is -0.110. The van der Waals surface area contributed by atoms with Gasteiger partial charge in [-0.15, -0.1) is 0 Å². The Morgan fingerprint density at radius 1 is 1.31 bits per heavy atom. The lowest BCUT2D eigenvalue weighted by Crippen LogP contribution is -2.16. The fourth-order valence-corrected chi connectivity index (χ4v) is 1.74. The van der Waals surface area contributed by atoms with Crippen LogP contribution < -0.4 is 0 Å². The van der Waals surface area contributed by atoms with Crippen molar-refractivity contribution >= 4 is 16.9 Å². The molecule has 4 heteroatoms. The van der Waals surface area contributed by atoms with Crippen LogP contribution in [0.5, 0.6) is 0 Å². The van der Waals surface area contributed by atoms with Crippen LogP contribution >= 0.6 is 11.8 Å². The Morgan fingerprint density at radius 2 is 1.92 bits per heavy atom. The van der Waals surface area contributed by atoms with Gasteiger partial charge >= 0.3 is 0 Å². The number of thioether (sulfide) groups is 1. The predicted molar refractivity (Wildman–Crippen MR) is 52.2 cm³/mol. The highest BCUT2D eigenvalue weighted by molar-refractivity contribution is 8.13. The minimum absolute atomic E-state index is 0.00713. The number of hydrogen-bond donors (Lipinski definition) is 0. The Labute approximate surface area is 82.3 Å². The van der Waals surface area contributed by atoms with E-state index >= 15 is 0 Å². The lowest BCUT2D eigenvalue weighted by Gasteiger charge is -2.13. The third-order valence-corrected chi connectivity index (χ3v) is 2.65. The summed E-state index contributed by atoms with van der Waals surface area (Å²) in [6.45, 7) is 3.47. The number of carbonyl (C=O) groups excluding carboxylic acids is 1. The Morgan fingerprint density at radius 3 is 2.38 bits per heavy atom. The number of halogens is 2. The Balaban J connectivity index is 3.56. The first-order valence-corrected chi connectivity index (χ1v) is 5.54. The molecule has 0 spiro atoms. The van der Waals surface area contributed by atoms with Crippen LogP contribution in [0.3, 0.4) is 0 Å². The molecule has 0 rings (SSSR count). The van der Waals surface area contributed by atoms with Crippen molar-refractivity contribution in [2.24, 2.45) is 0 Å². The number of rotatable bonds is 6. The zero-order chi connectivity index (χ0) is 10.3. The van der Waals surface area contributed by atoms with E-state index in [-0.39, 0.29) is 23.7 Å². The van der Waals surface area contributed by atoms with E-state index in [2.05, 4.69) is 0 Å². The summed E-state index contributed by atoms with van der Waals surface area (Å²) in [6, 6.07) is 0. The fraction of sp³-hybridized carbons (Fsp3) is 0.889. The van der Waals surface area contributed by atoms with Crippen molar-refractivity contribution in [3.05, 3.63) is 0 Å². The van der Waals surface area contributed by atoms with E-state index in [1.54, 1.807) is 13.8 Å². The fourth-order valence-electron chi connectivity index (χ4n) is 0.907. The molecule has 0 bridgehead atoms. The van der Waals surface area contributed by atoms with Crippen molar-refractivity contribution in [2.75, 3.05) is 5.75 Å². The molecule has 0 aliphatic carbocycles. The zero-order valence-corrected chi connectivity index (χ0v) is 8.92. The highest BCUT2D eigenvalue weighted by Crippen LogP contribution is 2.26. The van der Waals surface area contributed by atoms with Crippen LogP contribution in [0.25, 0.3) is 0 Å². The first kappa shape index (κ1) is 12.9. The van der Waals surface area contributed by atoms with Gasteiger partial charge in [0.15, 0.2) is 5.12 Å². The van der Waals surface area contributed by atoms with Gasteiger partial charge in [0.05, 0.1) is 0 Å². The predicted octanol–water partition coefficient (Wildman–Crippen LogP) is 3.48. The molecule has 78 valence electrons. The second-order valence-corrected chi connectivity index (χ2v) is 4.08. The summed E-state index contributed by atoms with van der Waals surface area (Å²) in [5, 5.41) is -0.00713. The summed E-state index contributed by atoms with van der Waals surface area (Å²) >= 11 is 1.01. The molecule has 13 heavy (non-hydrogen) atoms. The molecule has 0 fully saturated rings. The third-order valence-electron chi connectivity index (χ3n) is 1.64.